The Morgan fingerprint density at radius 1 is 0.972 bits per heavy atom. The van der Waals surface area contributed by atoms with Gasteiger partial charge in [-0.05, 0) is 54.4 Å². The number of hydrogen-bond donors (Lipinski definition) is 1. The first-order valence-electron chi connectivity index (χ1n) is 11.3. The van der Waals surface area contributed by atoms with Crippen LogP contribution in [-0.2, 0) is 0 Å². The van der Waals surface area contributed by atoms with E-state index < -0.39 is 5.82 Å². The monoisotopic (exact) mass is 530 g/mol. The summed E-state index contributed by atoms with van der Waals surface area (Å²) in [6.07, 6.45) is 0.481. The number of halogens is 3. The Kier molecular flexibility index (Phi) is 8.01. The summed E-state index contributed by atoms with van der Waals surface area (Å²) in [5, 5.41) is 3.38. The van der Waals surface area contributed by atoms with Crippen LogP contribution in [-0.4, -0.2) is 50.1 Å². The summed E-state index contributed by atoms with van der Waals surface area (Å²) in [4.78, 5) is 28.1. The minimum absolute atomic E-state index is 0.0213. The molecule has 188 valence electrons. The summed E-state index contributed by atoms with van der Waals surface area (Å²) < 4.78 is 24.5. The zero-order valence-corrected chi connectivity index (χ0v) is 21.3. The van der Waals surface area contributed by atoms with Crippen LogP contribution in [0.3, 0.4) is 0 Å². The maximum absolute atomic E-state index is 13.9. The molecular weight excluding hydrogens is 506 g/mol. The van der Waals surface area contributed by atoms with E-state index in [-0.39, 0.29) is 28.8 Å². The van der Waals surface area contributed by atoms with Gasteiger partial charge in [-0.2, -0.15) is 0 Å². The molecule has 2 amide bonds. The second kappa shape index (κ2) is 11.2. The van der Waals surface area contributed by atoms with Gasteiger partial charge in [0, 0.05) is 30.6 Å². The topological polar surface area (TPSA) is 67.9 Å². The number of ether oxygens (including phenoxy) is 2. The third-order valence-corrected chi connectivity index (χ3v) is 6.96. The van der Waals surface area contributed by atoms with Crippen LogP contribution >= 0.6 is 23.2 Å². The Bertz CT molecular complexity index is 1290. The lowest BCUT2D eigenvalue weighted by Gasteiger charge is -2.39. The summed E-state index contributed by atoms with van der Waals surface area (Å²) in [5.41, 5.74) is 1.52. The van der Waals surface area contributed by atoms with E-state index >= 15 is 0 Å². The number of likely N-dealkylation sites (tertiary alicyclic amines) is 1. The van der Waals surface area contributed by atoms with Gasteiger partial charge in [-0.25, -0.2) is 4.39 Å². The van der Waals surface area contributed by atoms with Crippen LogP contribution in [0.5, 0.6) is 11.5 Å². The molecule has 0 radical (unpaired) electrons. The normalized spacial score (nSPS) is 17.4. The molecule has 1 saturated heterocycles. The lowest BCUT2D eigenvalue weighted by Crippen LogP contribution is -2.51. The number of hydrogen-bond acceptors (Lipinski definition) is 4. The van der Waals surface area contributed by atoms with Crippen LogP contribution in [0.15, 0.2) is 60.7 Å². The first-order valence-corrected chi connectivity index (χ1v) is 12.1. The Hall–Kier alpha value is -3.29. The summed E-state index contributed by atoms with van der Waals surface area (Å²) in [5.74, 6) is -0.395. The molecular formula is C27H25Cl2FN2O4. The van der Waals surface area contributed by atoms with Crippen LogP contribution in [0.1, 0.15) is 38.6 Å². The minimum Gasteiger partial charge on any atom is -0.493 e. The van der Waals surface area contributed by atoms with Crippen LogP contribution in [0.4, 0.5) is 4.39 Å². The SMILES string of the molecule is COc1ccc(C(=O)N2CC[C@@H](NC(=O)c3ccccc3Cl)[C@H](c3ccc(F)c(Cl)c3)C2)cc1OC. The van der Waals surface area contributed by atoms with Gasteiger partial charge in [-0.3, -0.25) is 9.59 Å². The van der Waals surface area contributed by atoms with Gasteiger partial charge in [0.15, 0.2) is 11.5 Å². The molecule has 1 fully saturated rings. The van der Waals surface area contributed by atoms with E-state index in [9.17, 15) is 14.0 Å². The lowest BCUT2D eigenvalue weighted by molar-refractivity contribution is 0.0671. The van der Waals surface area contributed by atoms with Crippen LogP contribution < -0.4 is 14.8 Å². The number of nitrogens with one attached hydrogen (secondary N) is 1. The summed E-state index contributed by atoms with van der Waals surface area (Å²) in [7, 11) is 3.03. The number of nitrogens with zero attached hydrogens (tertiary/aromatic N) is 1. The molecule has 1 N–H and O–H groups in total. The van der Waals surface area contributed by atoms with E-state index in [2.05, 4.69) is 5.32 Å². The first-order chi connectivity index (χ1) is 17.3. The third-order valence-electron chi connectivity index (χ3n) is 6.34. The molecule has 0 saturated carbocycles. The number of carbonyl (C=O) groups excluding carboxylic acids is 2. The van der Waals surface area contributed by atoms with E-state index in [1.54, 1.807) is 59.5 Å². The largest absolute Gasteiger partial charge is 0.493 e. The predicted molar refractivity (Wildman–Crippen MR) is 137 cm³/mol. The summed E-state index contributed by atoms with van der Waals surface area (Å²) >= 11 is 12.3. The van der Waals surface area contributed by atoms with Crippen molar-refractivity contribution in [1.29, 1.82) is 0 Å². The highest BCUT2D eigenvalue weighted by Crippen LogP contribution is 2.33. The highest BCUT2D eigenvalue weighted by Gasteiger charge is 2.34. The van der Waals surface area contributed by atoms with Crippen molar-refractivity contribution in [2.75, 3.05) is 27.3 Å². The van der Waals surface area contributed by atoms with Gasteiger partial charge < -0.3 is 19.7 Å². The van der Waals surface area contributed by atoms with E-state index in [1.807, 2.05) is 0 Å². The number of benzene rings is 3. The van der Waals surface area contributed by atoms with E-state index in [4.69, 9.17) is 32.7 Å². The first kappa shape index (κ1) is 25.8. The number of piperidine rings is 1. The van der Waals surface area contributed by atoms with Gasteiger partial charge in [0.25, 0.3) is 11.8 Å². The molecule has 4 rings (SSSR count). The van der Waals surface area contributed by atoms with Crippen molar-refractivity contribution < 1.29 is 23.5 Å². The van der Waals surface area contributed by atoms with Gasteiger partial charge in [0.1, 0.15) is 5.82 Å². The Balaban J connectivity index is 1.61. The Labute approximate surface area is 218 Å². The molecule has 0 spiro atoms. The molecule has 3 aromatic carbocycles. The molecule has 1 aliphatic heterocycles. The highest BCUT2D eigenvalue weighted by molar-refractivity contribution is 6.33. The standard InChI is InChI=1S/C27H25Cl2FN2O4/c1-35-24-10-8-17(14-25(24)36-2)27(34)32-12-11-23(31-26(33)18-5-3-4-6-20(18)28)19(15-32)16-7-9-22(30)21(29)13-16/h3-10,13-14,19,23H,11-12,15H2,1-2H3,(H,31,33)/t19-,23+/m0/s1. The molecule has 1 heterocycles. The maximum Gasteiger partial charge on any atom is 0.254 e. The molecule has 36 heavy (non-hydrogen) atoms. The van der Waals surface area contributed by atoms with Crippen LogP contribution in [0.25, 0.3) is 0 Å². The second-order valence-electron chi connectivity index (χ2n) is 8.45. The molecule has 2 atom stereocenters. The van der Waals surface area contributed by atoms with E-state index in [1.165, 1.54) is 20.3 Å². The van der Waals surface area contributed by atoms with Gasteiger partial charge in [0.2, 0.25) is 0 Å². The summed E-state index contributed by atoms with van der Waals surface area (Å²) in [6.45, 7) is 0.703. The molecule has 0 aromatic heterocycles. The van der Waals surface area contributed by atoms with Crippen LogP contribution in [0, 0.1) is 5.82 Å². The average molecular weight is 531 g/mol. The Morgan fingerprint density at radius 2 is 1.72 bits per heavy atom. The highest BCUT2D eigenvalue weighted by atomic mass is 35.5. The predicted octanol–water partition coefficient (Wildman–Crippen LogP) is 5.58. The Morgan fingerprint density at radius 3 is 2.42 bits per heavy atom. The van der Waals surface area contributed by atoms with Crippen molar-refractivity contribution in [1.82, 2.24) is 10.2 Å². The number of carbonyl (C=O) groups is 2. The fourth-order valence-corrected chi connectivity index (χ4v) is 4.84. The molecule has 1 aliphatic rings. The van der Waals surface area contributed by atoms with E-state index in [0.717, 1.165) is 5.56 Å². The van der Waals surface area contributed by atoms with Crippen molar-refractivity contribution >= 4 is 35.0 Å². The van der Waals surface area contributed by atoms with Gasteiger partial charge >= 0.3 is 0 Å². The van der Waals surface area contributed by atoms with Crippen molar-refractivity contribution in [3.8, 4) is 11.5 Å². The number of methoxy groups -OCH3 is 2. The van der Waals surface area contributed by atoms with Crippen molar-refractivity contribution in [3.63, 3.8) is 0 Å². The zero-order chi connectivity index (χ0) is 25.8. The van der Waals surface area contributed by atoms with Crippen molar-refractivity contribution in [2.45, 2.75) is 18.4 Å². The van der Waals surface area contributed by atoms with Crippen molar-refractivity contribution in [3.05, 3.63) is 93.2 Å². The molecule has 3 aromatic rings. The van der Waals surface area contributed by atoms with Crippen molar-refractivity contribution in [2.24, 2.45) is 0 Å². The lowest BCUT2D eigenvalue weighted by atomic mass is 9.85. The molecule has 6 nitrogen and oxygen atoms in total. The third kappa shape index (κ3) is 5.42. The molecule has 0 unspecified atom stereocenters. The smallest absolute Gasteiger partial charge is 0.254 e. The van der Waals surface area contributed by atoms with Gasteiger partial charge in [-0.15, -0.1) is 0 Å². The van der Waals surface area contributed by atoms with Gasteiger partial charge in [-0.1, -0.05) is 41.4 Å². The molecule has 9 heteroatoms. The fourth-order valence-electron chi connectivity index (χ4n) is 4.43. The maximum atomic E-state index is 13.9. The van der Waals surface area contributed by atoms with Crippen LogP contribution in [0.2, 0.25) is 10.0 Å². The minimum atomic E-state index is -0.536. The number of amides is 2. The fraction of sp³-hybridized carbons (Fsp3) is 0.259. The zero-order valence-electron chi connectivity index (χ0n) is 19.8. The molecule has 0 aliphatic carbocycles. The molecule has 0 bridgehead atoms. The second-order valence-corrected chi connectivity index (χ2v) is 9.26. The number of rotatable bonds is 6. The van der Waals surface area contributed by atoms with Gasteiger partial charge in [0.05, 0.1) is 29.8 Å². The quantitative estimate of drug-likeness (QED) is 0.451. The van der Waals surface area contributed by atoms with E-state index in [0.29, 0.717) is 47.2 Å². The average Bonchev–Trinajstić information content (AvgIpc) is 2.89. The summed E-state index contributed by atoms with van der Waals surface area (Å²) in [6, 6.07) is 15.9.